The summed E-state index contributed by atoms with van der Waals surface area (Å²) in [5.41, 5.74) is 8.32. The Morgan fingerprint density at radius 1 is 1.20 bits per heavy atom. The molecule has 0 spiro atoms. The van der Waals surface area contributed by atoms with E-state index < -0.39 is 0 Å². The van der Waals surface area contributed by atoms with Crippen LogP contribution in [0.5, 0.6) is 11.5 Å². The van der Waals surface area contributed by atoms with Crippen molar-refractivity contribution in [3.8, 4) is 17.2 Å². The van der Waals surface area contributed by atoms with E-state index in [4.69, 9.17) is 15.2 Å². The molecule has 20 heavy (non-hydrogen) atoms. The SMILES string of the molecule is NCc1nc2cccnc2n1-c1ccc2c(c1)OCO2. The molecule has 4 rings (SSSR count). The van der Waals surface area contributed by atoms with Gasteiger partial charge in [0, 0.05) is 12.3 Å². The first-order valence-corrected chi connectivity index (χ1v) is 6.29. The number of nitrogens with two attached hydrogens (primary N) is 1. The Labute approximate surface area is 114 Å². The summed E-state index contributed by atoms with van der Waals surface area (Å²) in [4.78, 5) is 8.90. The van der Waals surface area contributed by atoms with Gasteiger partial charge in [-0.05, 0) is 24.3 Å². The normalized spacial score (nSPS) is 13.1. The molecule has 3 aromatic rings. The second kappa shape index (κ2) is 4.21. The van der Waals surface area contributed by atoms with E-state index in [0.29, 0.717) is 6.54 Å². The van der Waals surface area contributed by atoms with Gasteiger partial charge >= 0.3 is 0 Å². The molecule has 0 saturated carbocycles. The van der Waals surface area contributed by atoms with Crippen LogP contribution in [0.15, 0.2) is 36.5 Å². The molecule has 0 bridgehead atoms. The van der Waals surface area contributed by atoms with E-state index in [-0.39, 0.29) is 6.79 Å². The average molecular weight is 268 g/mol. The molecule has 6 heteroatoms. The number of nitrogens with zero attached hydrogens (tertiary/aromatic N) is 3. The highest BCUT2D eigenvalue weighted by molar-refractivity contribution is 5.74. The van der Waals surface area contributed by atoms with Crippen LogP contribution < -0.4 is 15.2 Å². The average Bonchev–Trinajstić information content (AvgIpc) is 3.09. The Bertz CT molecular complexity index is 797. The largest absolute Gasteiger partial charge is 0.454 e. The number of ether oxygens (including phenoxy) is 2. The van der Waals surface area contributed by atoms with Crippen LogP contribution in [-0.2, 0) is 6.54 Å². The smallest absolute Gasteiger partial charge is 0.231 e. The van der Waals surface area contributed by atoms with Crippen molar-refractivity contribution in [1.82, 2.24) is 14.5 Å². The summed E-state index contributed by atoms with van der Waals surface area (Å²) in [6.07, 6.45) is 1.74. The Morgan fingerprint density at radius 2 is 2.10 bits per heavy atom. The van der Waals surface area contributed by atoms with Gasteiger partial charge in [-0.15, -0.1) is 0 Å². The molecule has 0 unspecified atom stereocenters. The minimum Gasteiger partial charge on any atom is -0.454 e. The maximum atomic E-state index is 5.80. The molecule has 1 aromatic carbocycles. The van der Waals surface area contributed by atoms with E-state index in [2.05, 4.69) is 9.97 Å². The molecule has 2 aromatic heterocycles. The maximum absolute atomic E-state index is 5.80. The molecule has 6 nitrogen and oxygen atoms in total. The molecule has 100 valence electrons. The van der Waals surface area contributed by atoms with Gasteiger partial charge in [-0.25, -0.2) is 9.97 Å². The highest BCUT2D eigenvalue weighted by Gasteiger charge is 2.17. The number of hydrogen-bond acceptors (Lipinski definition) is 5. The van der Waals surface area contributed by atoms with Crippen LogP contribution >= 0.6 is 0 Å². The van der Waals surface area contributed by atoms with E-state index in [9.17, 15) is 0 Å². The fraction of sp³-hybridized carbons (Fsp3) is 0.143. The van der Waals surface area contributed by atoms with Crippen LogP contribution in [0.2, 0.25) is 0 Å². The quantitative estimate of drug-likeness (QED) is 0.764. The summed E-state index contributed by atoms with van der Waals surface area (Å²) in [6.45, 7) is 0.594. The molecule has 0 saturated heterocycles. The second-order valence-electron chi connectivity index (χ2n) is 4.45. The third-order valence-corrected chi connectivity index (χ3v) is 3.28. The zero-order valence-corrected chi connectivity index (χ0v) is 10.6. The first-order chi connectivity index (χ1) is 9.86. The van der Waals surface area contributed by atoms with Crippen LogP contribution in [0.3, 0.4) is 0 Å². The lowest BCUT2D eigenvalue weighted by atomic mass is 10.2. The van der Waals surface area contributed by atoms with Crippen LogP contribution in [0.25, 0.3) is 16.9 Å². The third kappa shape index (κ3) is 1.55. The van der Waals surface area contributed by atoms with Gasteiger partial charge in [-0.2, -0.15) is 0 Å². The highest BCUT2D eigenvalue weighted by atomic mass is 16.7. The summed E-state index contributed by atoms with van der Waals surface area (Å²) >= 11 is 0. The first kappa shape index (κ1) is 11.2. The number of aromatic nitrogens is 3. The molecule has 0 atom stereocenters. The lowest BCUT2D eigenvalue weighted by molar-refractivity contribution is 0.174. The van der Waals surface area contributed by atoms with Crippen molar-refractivity contribution in [3.05, 3.63) is 42.4 Å². The molecule has 0 radical (unpaired) electrons. The molecule has 1 aliphatic rings. The summed E-state index contributed by atoms with van der Waals surface area (Å²) < 4.78 is 12.7. The monoisotopic (exact) mass is 268 g/mol. The molecule has 1 aliphatic heterocycles. The fourth-order valence-corrected chi connectivity index (χ4v) is 2.39. The number of benzene rings is 1. The lowest BCUT2D eigenvalue weighted by Crippen LogP contribution is -2.07. The van der Waals surface area contributed by atoms with Crippen molar-refractivity contribution >= 4 is 11.2 Å². The van der Waals surface area contributed by atoms with Crippen LogP contribution in [0, 0.1) is 0 Å². The number of fused-ring (bicyclic) bond motifs is 2. The Hall–Kier alpha value is -2.60. The van der Waals surface area contributed by atoms with Gasteiger partial charge in [0.1, 0.15) is 11.3 Å². The van der Waals surface area contributed by atoms with Crippen molar-refractivity contribution < 1.29 is 9.47 Å². The van der Waals surface area contributed by atoms with Crippen molar-refractivity contribution in [2.75, 3.05) is 6.79 Å². The predicted octanol–water partition coefficient (Wildman–Crippen LogP) is 1.61. The van der Waals surface area contributed by atoms with E-state index in [1.165, 1.54) is 0 Å². The van der Waals surface area contributed by atoms with Crippen LogP contribution in [-0.4, -0.2) is 21.3 Å². The number of pyridine rings is 1. The molecule has 0 aliphatic carbocycles. The molecular formula is C14H12N4O2. The minimum atomic E-state index is 0.255. The van der Waals surface area contributed by atoms with E-state index >= 15 is 0 Å². The van der Waals surface area contributed by atoms with Gasteiger partial charge in [-0.3, -0.25) is 4.57 Å². The predicted molar refractivity (Wildman–Crippen MR) is 72.9 cm³/mol. The van der Waals surface area contributed by atoms with Gasteiger partial charge in [0.25, 0.3) is 0 Å². The summed E-state index contributed by atoms with van der Waals surface area (Å²) in [5.74, 6) is 2.24. The molecule has 0 fully saturated rings. The van der Waals surface area contributed by atoms with Gasteiger partial charge in [0.2, 0.25) is 6.79 Å². The molecule has 3 heterocycles. The van der Waals surface area contributed by atoms with Gasteiger partial charge in [0.05, 0.1) is 12.2 Å². The third-order valence-electron chi connectivity index (χ3n) is 3.28. The number of hydrogen-bond donors (Lipinski definition) is 1. The molecular weight excluding hydrogens is 256 g/mol. The number of rotatable bonds is 2. The van der Waals surface area contributed by atoms with Crippen molar-refractivity contribution in [2.45, 2.75) is 6.54 Å². The standard InChI is InChI=1S/C14H12N4O2/c15-7-13-17-10-2-1-5-16-14(10)18(13)9-3-4-11-12(6-9)20-8-19-11/h1-6H,7-8,15H2. The van der Waals surface area contributed by atoms with Gasteiger partial charge in [-0.1, -0.05) is 0 Å². The molecule has 2 N–H and O–H groups in total. The van der Waals surface area contributed by atoms with Crippen LogP contribution in [0.1, 0.15) is 5.82 Å². The van der Waals surface area contributed by atoms with Crippen molar-refractivity contribution in [3.63, 3.8) is 0 Å². The Morgan fingerprint density at radius 3 is 3.00 bits per heavy atom. The van der Waals surface area contributed by atoms with E-state index in [1.807, 2.05) is 34.9 Å². The van der Waals surface area contributed by atoms with Gasteiger partial charge in [0.15, 0.2) is 17.1 Å². The molecule has 0 amide bonds. The summed E-state index contributed by atoms with van der Waals surface area (Å²) in [5, 5.41) is 0. The fourth-order valence-electron chi connectivity index (χ4n) is 2.39. The summed E-state index contributed by atoms with van der Waals surface area (Å²) in [7, 11) is 0. The zero-order chi connectivity index (χ0) is 13.5. The van der Waals surface area contributed by atoms with Crippen LogP contribution in [0.4, 0.5) is 0 Å². The zero-order valence-electron chi connectivity index (χ0n) is 10.6. The highest BCUT2D eigenvalue weighted by Crippen LogP contribution is 2.34. The minimum absolute atomic E-state index is 0.255. The number of imidazole rings is 1. The summed E-state index contributed by atoms with van der Waals surface area (Å²) in [6, 6.07) is 9.52. The Balaban J connectivity index is 1.97. The van der Waals surface area contributed by atoms with E-state index in [0.717, 1.165) is 34.2 Å². The van der Waals surface area contributed by atoms with Gasteiger partial charge < -0.3 is 15.2 Å². The first-order valence-electron chi connectivity index (χ1n) is 6.29. The Kier molecular flexibility index (Phi) is 2.37. The second-order valence-corrected chi connectivity index (χ2v) is 4.45. The van der Waals surface area contributed by atoms with Crippen molar-refractivity contribution in [2.24, 2.45) is 5.73 Å². The van der Waals surface area contributed by atoms with E-state index in [1.54, 1.807) is 6.20 Å². The maximum Gasteiger partial charge on any atom is 0.231 e. The van der Waals surface area contributed by atoms with Crippen molar-refractivity contribution in [1.29, 1.82) is 0 Å². The lowest BCUT2D eigenvalue weighted by Gasteiger charge is -2.08. The topological polar surface area (TPSA) is 75.2 Å².